The zero-order valence-electron chi connectivity index (χ0n) is 8.82. The van der Waals surface area contributed by atoms with Crippen molar-refractivity contribution in [2.24, 2.45) is 0 Å². The smallest absolute Gasteiger partial charge is 0.328 e. The van der Waals surface area contributed by atoms with Crippen LogP contribution in [0.4, 0.5) is 0 Å². The summed E-state index contributed by atoms with van der Waals surface area (Å²) in [6.07, 6.45) is 5.57. The number of carboxylic acid groups (broad SMARTS) is 1. The second-order valence-corrected chi connectivity index (χ2v) is 4.03. The molecule has 0 atom stereocenters. The predicted molar refractivity (Wildman–Crippen MR) is 54.2 cm³/mol. The number of hydrogen-bond donors (Lipinski definition) is 1. The van der Waals surface area contributed by atoms with Crippen LogP contribution in [0.15, 0.2) is 11.6 Å². The molecule has 0 amide bonds. The molecule has 1 aliphatic rings. The lowest BCUT2D eigenvalue weighted by Crippen LogP contribution is -2.21. The minimum Gasteiger partial charge on any atom is -0.478 e. The lowest BCUT2D eigenvalue weighted by atomic mass is 9.92. The summed E-state index contributed by atoms with van der Waals surface area (Å²) in [4.78, 5) is 10.4. The lowest BCUT2D eigenvalue weighted by Gasteiger charge is -2.25. The maximum atomic E-state index is 10.4. The van der Waals surface area contributed by atoms with E-state index in [9.17, 15) is 4.79 Å². The Hall–Kier alpha value is -0.830. The van der Waals surface area contributed by atoms with Crippen LogP contribution >= 0.6 is 0 Å². The standard InChI is InChI=1S/C11H18O3/c1-8(2)14-10-5-3-9(4-6-10)7-11(12)13/h7-8,10H,3-6H2,1-2H3,(H,12,13). The summed E-state index contributed by atoms with van der Waals surface area (Å²) in [7, 11) is 0. The Morgan fingerprint density at radius 2 is 2.07 bits per heavy atom. The Morgan fingerprint density at radius 3 is 2.50 bits per heavy atom. The van der Waals surface area contributed by atoms with Gasteiger partial charge in [-0.3, -0.25) is 0 Å². The fourth-order valence-electron chi connectivity index (χ4n) is 1.80. The van der Waals surface area contributed by atoms with E-state index in [-0.39, 0.29) is 6.10 Å². The number of carbonyl (C=O) groups is 1. The van der Waals surface area contributed by atoms with Crippen molar-refractivity contribution in [3.8, 4) is 0 Å². The van der Waals surface area contributed by atoms with Gasteiger partial charge in [-0.1, -0.05) is 5.57 Å². The van der Waals surface area contributed by atoms with Gasteiger partial charge in [0.05, 0.1) is 12.2 Å². The number of allylic oxidation sites excluding steroid dienone is 1. The van der Waals surface area contributed by atoms with Crippen molar-refractivity contribution in [1.82, 2.24) is 0 Å². The molecule has 0 aliphatic heterocycles. The number of aliphatic carboxylic acids is 1. The first kappa shape index (κ1) is 11.2. The highest BCUT2D eigenvalue weighted by Gasteiger charge is 2.18. The molecule has 80 valence electrons. The monoisotopic (exact) mass is 198 g/mol. The van der Waals surface area contributed by atoms with Gasteiger partial charge in [0.1, 0.15) is 0 Å². The summed E-state index contributed by atoms with van der Waals surface area (Å²) in [6.45, 7) is 4.06. The van der Waals surface area contributed by atoms with E-state index in [1.54, 1.807) is 0 Å². The molecule has 0 unspecified atom stereocenters. The average Bonchev–Trinajstić information content (AvgIpc) is 2.06. The van der Waals surface area contributed by atoms with E-state index in [4.69, 9.17) is 9.84 Å². The Balaban J connectivity index is 2.35. The molecule has 0 bridgehead atoms. The number of carboxylic acids is 1. The number of hydrogen-bond acceptors (Lipinski definition) is 2. The van der Waals surface area contributed by atoms with Gasteiger partial charge in [-0.05, 0) is 39.5 Å². The van der Waals surface area contributed by atoms with E-state index in [2.05, 4.69) is 0 Å². The SMILES string of the molecule is CC(C)OC1CCC(=CC(=O)O)CC1. The van der Waals surface area contributed by atoms with Gasteiger partial charge in [-0.25, -0.2) is 4.79 Å². The van der Waals surface area contributed by atoms with Crippen LogP contribution in [0.1, 0.15) is 39.5 Å². The van der Waals surface area contributed by atoms with Gasteiger partial charge in [-0.2, -0.15) is 0 Å². The van der Waals surface area contributed by atoms with Gasteiger partial charge < -0.3 is 9.84 Å². The second kappa shape index (κ2) is 5.15. The van der Waals surface area contributed by atoms with Gasteiger partial charge in [0.2, 0.25) is 0 Å². The highest BCUT2D eigenvalue weighted by Crippen LogP contribution is 2.26. The molecule has 0 radical (unpaired) electrons. The highest BCUT2D eigenvalue weighted by molar-refractivity contribution is 5.80. The Kier molecular flexibility index (Phi) is 4.14. The zero-order valence-corrected chi connectivity index (χ0v) is 8.82. The molecule has 1 aliphatic carbocycles. The number of rotatable bonds is 3. The molecule has 1 fully saturated rings. The Bertz CT molecular complexity index is 221. The van der Waals surface area contributed by atoms with Crippen molar-refractivity contribution in [1.29, 1.82) is 0 Å². The van der Waals surface area contributed by atoms with Gasteiger partial charge in [0.15, 0.2) is 0 Å². The third-order valence-electron chi connectivity index (χ3n) is 2.37. The number of ether oxygens (including phenoxy) is 1. The molecule has 1 saturated carbocycles. The maximum Gasteiger partial charge on any atom is 0.328 e. The zero-order chi connectivity index (χ0) is 10.6. The molecule has 0 heterocycles. The van der Waals surface area contributed by atoms with Crippen molar-refractivity contribution in [2.45, 2.75) is 51.7 Å². The summed E-state index contributed by atoms with van der Waals surface area (Å²) in [6, 6.07) is 0. The average molecular weight is 198 g/mol. The molecule has 1 rings (SSSR count). The van der Waals surface area contributed by atoms with Crippen LogP contribution in [0.2, 0.25) is 0 Å². The van der Waals surface area contributed by atoms with Crippen LogP contribution in [0.5, 0.6) is 0 Å². The lowest BCUT2D eigenvalue weighted by molar-refractivity contribution is -0.131. The van der Waals surface area contributed by atoms with E-state index in [1.165, 1.54) is 6.08 Å². The summed E-state index contributed by atoms with van der Waals surface area (Å²) in [5.74, 6) is -0.830. The van der Waals surface area contributed by atoms with Gasteiger partial charge >= 0.3 is 5.97 Å². The van der Waals surface area contributed by atoms with Crippen LogP contribution < -0.4 is 0 Å². The molecule has 0 aromatic heterocycles. The second-order valence-electron chi connectivity index (χ2n) is 4.03. The molecule has 0 saturated heterocycles. The van der Waals surface area contributed by atoms with Crippen molar-refractivity contribution < 1.29 is 14.6 Å². The van der Waals surface area contributed by atoms with Crippen LogP contribution in [0, 0.1) is 0 Å². The molecule has 3 nitrogen and oxygen atoms in total. The third-order valence-corrected chi connectivity index (χ3v) is 2.37. The van der Waals surface area contributed by atoms with Crippen molar-refractivity contribution >= 4 is 5.97 Å². The normalized spacial score (nSPS) is 22.5. The van der Waals surface area contributed by atoms with E-state index in [0.717, 1.165) is 31.3 Å². The van der Waals surface area contributed by atoms with Crippen LogP contribution in [0.3, 0.4) is 0 Å². The minimum absolute atomic E-state index is 0.269. The fourth-order valence-corrected chi connectivity index (χ4v) is 1.80. The first-order valence-electron chi connectivity index (χ1n) is 5.15. The molecule has 14 heavy (non-hydrogen) atoms. The molecular weight excluding hydrogens is 180 g/mol. The molecule has 3 heteroatoms. The molecular formula is C11H18O3. The van der Waals surface area contributed by atoms with Gasteiger partial charge in [-0.15, -0.1) is 0 Å². The predicted octanol–water partition coefficient (Wildman–Crippen LogP) is 2.37. The molecule has 0 aromatic rings. The molecule has 0 aromatic carbocycles. The van der Waals surface area contributed by atoms with Crippen molar-refractivity contribution in [3.05, 3.63) is 11.6 Å². The maximum absolute atomic E-state index is 10.4. The molecule has 1 N–H and O–H groups in total. The van der Waals surface area contributed by atoms with Gasteiger partial charge in [0.25, 0.3) is 0 Å². The fraction of sp³-hybridized carbons (Fsp3) is 0.727. The minimum atomic E-state index is -0.830. The van der Waals surface area contributed by atoms with E-state index in [0.29, 0.717) is 6.10 Å². The summed E-state index contributed by atoms with van der Waals surface area (Å²) in [5.41, 5.74) is 1.04. The van der Waals surface area contributed by atoms with E-state index in [1.807, 2.05) is 13.8 Å². The summed E-state index contributed by atoms with van der Waals surface area (Å²) < 4.78 is 5.67. The Labute approximate surface area is 84.8 Å². The highest BCUT2D eigenvalue weighted by atomic mass is 16.5. The first-order chi connectivity index (χ1) is 6.58. The quantitative estimate of drug-likeness (QED) is 0.708. The van der Waals surface area contributed by atoms with Crippen LogP contribution in [-0.2, 0) is 9.53 Å². The van der Waals surface area contributed by atoms with Crippen LogP contribution in [-0.4, -0.2) is 23.3 Å². The van der Waals surface area contributed by atoms with Crippen molar-refractivity contribution in [2.75, 3.05) is 0 Å². The van der Waals surface area contributed by atoms with Gasteiger partial charge in [0, 0.05) is 6.08 Å². The van der Waals surface area contributed by atoms with Crippen molar-refractivity contribution in [3.63, 3.8) is 0 Å². The topological polar surface area (TPSA) is 46.5 Å². The molecule has 0 spiro atoms. The Morgan fingerprint density at radius 1 is 1.50 bits per heavy atom. The summed E-state index contributed by atoms with van der Waals surface area (Å²) >= 11 is 0. The third kappa shape index (κ3) is 3.92. The van der Waals surface area contributed by atoms with Crippen LogP contribution in [0.25, 0.3) is 0 Å². The van der Waals surface area contributed by atoms with E-state index < -0.39 is 5.97 Å². The van der Waals surface area contributed by atoms with E-state index >= 15 is 0 Å². The largest absolute Gasteiger partial charge is 0.478 e. The first-order valence-corrected chi connectivity index (χ1v) is 5.15. The summed E-state index contributed by atoms with van der Waals surface area (Å²) in [5, 5.41) is 8.57.